The molecule has 2 heterocycles. The van der Waals surface area contributed by atoms with Gasteiger partial charge in [-0.15, -0.1) is 0 Å². The van der Waals surface area contributed by atoms with Crippen LogP contribution in [0.2, 0.25) is 5.02 Å². The van der Waals surface area contributed by atoms with Crippen molar-refractivity contribution in [2.24, 2.45) is 10.9 Å². The minimum Gasteiger partial charge on any atom is -0.357 e. The molecule has 132 valence electrons. The molecule has 0 amide bonds. The van der Waals surface area contributed by atoms with E-state index in [1.807, 2.05) is 12.1 Å². The average Bonchev–Trinajstić information content (AvgIpc) is 3.30. The summed E-state index contributed by atoms with van der Waals surface area (Å²) >= 11 is 6.26. The molecule has 1 aromatic rings. The molecule has 1 aliphatic heterocycles. The van der Waals surface area contributed by atoms with Gasteiger partial charge in [-0.1, -0.05) is 24.4 Å². The summed E-state index contributed by atoms with van der Waals surface area (Å²) in [5.74, 6) is 2.81. The number of nitrogens with one attached hydrogen (secondary N) is 2. The van der Waals surface area contributed by atoms with Crippen molar-refractivity contribution >= 4 is 23.4 Å². The van der Waals surface area contributed by atoms with Crippen molar-refractivity contribution < 1.29 is 0 Å². The van der Waals surface area contributed by atoms with E-state index in [1.54, 1.807) is 6.20 Å². The first kappa shape index (κ1) is 17.3. The van der Waals surface area contributed by atoms with Gasteiger partial charge in [0.1, 0.15) is 5.82 Å². The molecule has 1 saturated heterocycles. The molecule has 1 unspecified atom stereocenters. The topological polar surface area (TPSA) is 52.6 Å². The molecule has 2 aliphatic rings. The lowest BCUT2D eigenvalue weighted by Gasteiger charge is -2.20. The van der Waals surface area contributed by atoms with Crippen LogP contribution in [0.15, 0.2) is 23.3 Å². The van der Waals surface area contributed by atoms with Crippen molar-refractivity contribution in [2.45, 2.75) is 45.1 Å². The summed E-state index contributed by atoms with van der Waals surface area (Å²) in [5, 5.41) is 7.65. The lowest BCUT2D eigenvalue weighted by molar-refractivity contribution is 0.638. The summed E-state index contributed by atoms with van der Waals surface area (Å²) in [7, 11) is 0. The molecule has 0 bridgehead atoms. The summed E-state index contributed by atoms with van der Waals surface area (Å²) in [6.45, 7) is 5.78. The molecule has 2 N–H and O–H groups in total. The zero-order valence-electron chi connectivity index (χ0n) is 14.5. The maximum Gasteiger partial charge on any atom is 0.191 e. The summed E-state index contributed by atoms with van der Waals surface area (Å²) in [6, 6.07) is 4.15. The van der Waals surface area contributed by atoms with E-state index in [1.165, 1.54) is 25.7 Å². The second kappa shape index (κ2) is 8.56. The fourth-order valence-electron chi connectivity index (χ4n) is 3.17. The van der Waals surface area contributed by atoms with Crippen LogP contribution in [-0.4, -0.2) is 43.2 Å². The molecular weight excluding hydrogens is 322 g/mol. The predicted molar refractivity (Wildman–Crippen MR) is 101 cm³/mol. The summed E-state index contributed by atoms with van der Waals surface area (Å²) in [5.41, 5.74) is 0. The highest BCUT2D eigenvalue weighted by molar-refractivity contribution is 6.32. The molecule has 1 saturated carbocycles. The highest BCUT2D eigenvalue weighted by Crippen LogP contribution is 2.33. The van der Waals surface area contributed by atoms with Gasteiger partial charge >= 0.3 is 0 Å². The highest BCUT2D eigenvalue weighted by atomic mass is 35.5. The monoisotopic (exact) mass is 349 g/mol. The molecule has 1 aromatic heterocycles. The Balaban J connectivity index is 1.49. The largest absolute Gasteiger partial charge is 0.357 e. The summed E-state index contributed by atoms with van der Waals surface area (Å²) < 4.78 is 0. The van der Waals surface area contributed by atoms with E-state index < -0.39 is 0 Å². The van der Waals surface area contributed by atoms with Crippen LogP contribution in [0.4, 0.5) is 5.82 Å². The summed E-state index contributed by atoms with van der Waals surface area (Å²) in [4.78, 5) is 11.4. The zero-order chi connectivity index (χ0) is 16.8. The van der Waals surface area contributed by atoms with Crippen LogP contribution in [0.3, 0.4) is 0 Å². The molecule has 1 atom stereocenters. The third-order valence-corrected chi connectivity index (χ3v) is 4.94. The number of anilines is 1. The van der Waals surface area contributed by atoms with Gasteiger partial charge in [-0.25, -0.2) is 4.98 Å². The molecule has 0 spiro atoms. The Kier molecular flexibility index (Phi) is 6.18. The third-order valence-electron chi connectivity index (χ3n) is 4.65. The first-order valence-electron chi connectivity index (χ1n) is 9.16. The third kappa shape index (κ3) is 5.00. The Bertz CT molecular complexity index is 558. The van der Waals surface area contributed by atoms with Crippen molar-refractivity contribution in [1.29, 1.82) is 0 Å². The lowest BCUT2D eigenvalue weighted by atomic mass is 10.2. The first-order chi connectivity index (χ1) is 11.8. The highest BCUT2D eigenvalue weighted by Gasteiger charge is 2.25. The fraction of sp³-hybridized carbons (Fsp3) is 0.667. The van der Waals surface area contributed by atoms with Crippen molar-refractivity contribution in [1.82, 2.24) is 15.6 Å². The number of hydrogen-bond acceptors (Lipinski definition) is 3. The maximum absolute atomic E-state index is 6.26. The van der Waals surface area contributed by atoms with Crippen LogP contribution < -0.4 is 15.5 Å². The molecular formula is C18H28ClN5. The SMILES string of the molecule is CCNC(=NCCCC1CC1)NC1CCN(c2ncccc2Cl)C1. The second-order valence-corrected chi connectivity index (χ2v) is 7.14. The first-order valence-corrected chi connectivity index (χ1v) is 9.54. The number of aromatic nitrogens is 1. The molecule has 24 heavy (non-hydrogen) atoms. The normalized spacial score (nSPS) is 21.2. The average molecular weight is 350 g/mol. The number of hydrogen-bond donors (Lipinski definition) is 2. The van der Waals surface area contributed by atoms with Crippen molar-refractivity contribution in [3.63, 3.8) is 0 Å². The number of rotatable bonds is 7. The molecule has 6 heteroatoms. The number of halogens is 1. The molecule has 2 fully saturated rings. The number of aliphatic imine (C=N–C) groups is 1. The maximum atomic E-state index is 6.26. The molecule has 3 rings (SSSR count). The smallest absolute Gasteiger partial charge is 0.191 e. The van der Waals surface area contributed by atoms with Gasteiger partial charge in [0, 0.05) is 38.4 Å². The summed E-state index contributed by atoms with van der Waals surface area (Å²) in [6.07, 6.45) is 8.25. The van der Waals surface area contributed by atoms with E-state index in [0.29, 0.717) is 6.04 Å². The van der Waals surface area contributed by atoms with Gasteiger partial charge < -0.3 is 15.5 Å². The fourth-order valence-corrected chi connectivity index (χ4v) is 3.41. The van der Waals surface area contributed by atoms with Crippen molar-refractivity contribution in [3.8, 4) is 0 Å². The lowest BCUT2D eigenvalue weighted by Crippen LogP contribution is -2.44. The van der Waals surface area contributed by atoms with Gasteiger partial charge in [-0.3, -0.25) is 4.99 Å². The van der Waals surface area contributed by atoms with Gasteiger partial charge in [-0.2, -0.15) is 0 Å². The number of nitrogens with zero attached hydrogens (tertiary/aromatic N) is 3. The Morgan fingerprint density at radius 1 is 1.42 bits per heavy atom. The quantitative estimate of drug-likeness (QED) is 0.451. The van der Waals surface area contributed by atoms with Gasteiger partial charge in [0.25, 0.3) is 0 Å². The van der Waals surface area contributed by atoms with Crippen molar-refractivity contribution in [3.05, 3.63) is 23.4 Å². The van der Waals surface area contributed by atoms with E-state index in [0.717, 1.165) is 55.3 Å². The Morgan fingerprint density at radius 3 is 3.04 bits per heavy atom. The van der Waals surface area contributed by atoms with E-state index in [9.17, 15) is 0 Å². The minimum absolute atomic E-state index is 0.379. The van der Waals surface area contributed by atoms with E-state index in [-0.39, 0.29) is 0 Å². The second-order valence-electron chi connectivity index (χ2n) is 6.73. The van der Waals surface area contributed by atoms with Crippen LogP contribution in [0.5, 0.6) is 0 Å². The van der Waals surface area contributed by atoms with Gasteiger partial charge in [0.05, 0.1) is 5.02 Å². The molecule has 1 aliphatic carbocycles. The molecule has 0 radical (unpaired) electrons. The van der Waals surface area contributed by atoms with Crippen LogP contribution in [0.1, 0.15) is 39.0 Å². The number of pyridine rings is 1. The standard InChI is InChI=1S/C18H28ClN5/c1-2-20-18(22-11-3-5-14-7-8-14)23-15-9-12-24(13-15)17-16(19)6-4-10-21-17/h4,6,10,14-15H,2-3,5,7-9,11-13H2,1H3,(H2,20,22,23). The Labute approximate surface area is 149 Å². The molecule has 5 nitrogen and oxygen atoms in total. The number of guanidine groups is 1. The van der Waals surface area contributed by atoms with Gasteiger partial charge in [0.15, 0.2) is 5.96 Å². The van der Waals surface area contributed by atoms with Gasteiger partial charge in [0.2, 0.25) is 0 Å². The Hall–Kier alpha value is -1.49. The van der Waals surface area contributed by atoms with Gasteiger partial charge in [-0.05, 0) is 44.2 Å². The minimum atomic E-state index is 0.379. The Morgan fingerprint density at radius 2 is 2.29 bits per heavy atom. The molecule has 0 aromatic carbocycles. The van der Waals surface area contributed by atoms with E-state index in [2.05, 4.69) is 27.4 Å². The van der Waals surface area contributed by atoms with Crippen LogP contribution in [0, 0.1) is 5.92 Å². The predicted octanol–water partition coefficient (Wildman–Crippen LogP) is 3.06. The van der Waals surface area contributed by atoms with Crippen LogP contribution >= 0.6 is 11.6 Å². The van der Waals surface area contributed by atoms with E-state index in [4.69, 9.17) is 16.6 Å². The zero-order valence-corrected chi connectivity index (χ0v) is 15.2. The van der Waals surface area contributed by atoms with Crippen LogP contribution in [-0.2, 0) is 0 Å². The van der Waals surface area contributed by atoms with Crippen LogP contribution in [0.25, 0.3) is 0 Å². The van der Waals surface area contributed by atoms with E-state index >= 15 is 0 Å². The van der Waals surface area contributed by atoms with Crippen molar-refractivity contribution in [2.75, 3.05) is 31.1 Å².